The highest BCUT2D eigenvalue weighted by Crippen LogP contribution is 2.29. The van der Waals surface area contributed by atoms with Gasteiger partial charge in [0.1, 0.15) is 5.75 Å². The average Bonchev–Trinajstić information content (AvgIpc) is 3.36. The van der Waals surface area contributed by atoms with Gasteiger partial charge in [-0.05, 0) is 56.2 Å². The van der Waals surface area contributed by atoms with E-state index in [4.69, 9.17) is 9.72 Å². The Labute approximate surface area is 158 Å². The molecule has 0 radical (unpaired) electrons. The first-order valence-corrected chi connectivity index (χ1v) is 10.0. The number of anilines is 3. The molecule has 26 heavy (non-hydrogen) atoms. The number of hydrogen-bond acceptors (Lipinski definition) is 5. The molecule has 1 aliphatic rings. The van der Waals surface area contributed by atoms with Crippen LogP contribution in [0.2, 0.25) is 0 Å². The summed E-state index contributed by atoms with van der Waals surface area (Å²) in [5, 5.41) is 6.36. The van der Waals surface area contributed by atoms with Crippen LogP contribution in [0.5, 0.6) is 5.75 Å². The number of aromatic nitrogens is 1. The molecule has 1 N–H and O–H groups in total. The average molecular weight is 366 g/mol. The van der Waals surface area contributed by atoms with Crippen LogP contribution in [0.25, 0.3) is 11.3 Å². The molecule has 0 unspecified atom stereocenters. The molecule has 2 aromatic carbocycles. The van der Waals surface area contributed by atoms with Crippen LogP contribution in [0.1, 0.15) is 19.8 Å². The lowest BCUT2D eigenvalue weighted by atomic mass is 10.1. The summed E-state index contributed by atoms with van der Waals surface area (Å²) in [5.41, 5.74) is 4.49. The molecule has 0 saturated carbocycles. The van der Waals surface area contributed by atoms with E-state index in [9.17, 15) is 0 Å². The van der Waals surface area contributed by atoms with Crippen molar-refractivity contribution in [1.29, 1.82) is 0 Å². The number of nitrogens with zero attached hydrogens (tertiary/aromatic N) is 2. The minimum atomic E-state index is 0.680. The lowest BCUT2D eigenvalue weighted by Crippen LogP contribution is -2.17. The largest absolute Gasteiger partial charge is 0.494 e. The first kappa shape index (κ1) is 16.9. The van der Waals surface area contributed by atoms with E-state index in [1.165, 1.54) is 31.6 Å². The number of thiazole rings is 1. The molecule has 0 atom stereocenters. The summed E-state index contributed by atoms with van der Waals surface area (Å²) < 4.78 is 5.48. The second-order valence-corrected chi connectivity index (χ2v) is 7.22. The summed E-state index contributed by atoms with van der Waals surface area (Å²) in [4.78, 5) is 7.17. The first-order valence-electron chi connectivity index (χ1n) is 9.12. The predicted octanol–water partition coefficient (Wildman–Crippen LogP) is 5.55. The number of nitrogens with one attached hydrogen (secondary N) is 1. The highest BCUT2D eigenvalue weighted by Gasteiger charge is 2.12. The predicted molar refractivity (Wildman–Crippen MR) is 110 cm³/mol. The molecule has 0 amide bonds. The standard InChI is InChI=1S/C21H23N3OS/c1-2-25-19-11-7-17(8-12-19)22-21-23-20(15-26-21)16-5-9-18(10-6-16)24-13-3-4-14-24/h5-12,15H,2-4,13-14H2,1H3,(H,22,23). The second kappa shape index (κ2) is 7.79. The van der Waals surface area contributed by atoms with Crippen molar-refractivity contribution in [2.45, 2.75) is 19.8 Å². The smallest absolute Gasteiger partial charge is 0.187 e. The monoisotopic (exact) mass is 365 g/mol. The van der Waals surface area contributed by atoms with E-state index in [0.717, 1.165) is 27.8 Å². The van der Waals surface area contributed by atoms with Gasteiger partial charge in [0.2, 0.25) is 0 Å². The third-order valence-corrected chi connectivity index (χ3v) is 5.31. The van der Waals surface area contributed by atoms with E-state index in [2.05, 4.69) is 39.9 Å². The Kier molecular flexibility index (Phi) is 5.07. The summed E-state index contributed by atoms with van der Waals surface area (Å²) in [5.74, 6) is 0.885. The zero-order valence-electron chi connectivity index (χ0n) is 14.9. The summed E-state index contributed by atoms with van der Waals surface area (Å²) in [6.07, 6.45) is 2.60. The van der Waals surface area contributed by atoms with E-state index in [-0.39, 0.29) is 0 Å². The fraction of sp³-hybridized carbons (Fsp3) is 0.286. The Morgan fingerprint density at radius 3 is 2.46 bits per heavy atom. The second-order valence-electron chi connectivity index (χ2n) is 6.36. The zero-order chi connectivity index (χ0) is 17.8. The topological polar surface area (TPSA) is 37.4 Å². The van der Waals surface area contributed by atoms with E-state index in [0.29, 0.717) is 6.61 Å². The van der Waals surface area contributed by atoms with Gasteiger partial charge in [-0.2, -0.15) is 0 Å². The molecule has 5 heteroatoms. The summed E-state index contributed by atoms with van der Waals surface area (Å²) in [7, 11) is 0. The van der Waals surface area contributed by atoms with Gasteiger partial charge in [0.15, 0.2) is 5.13 Å². The van der Waals surface area contributed by atoms with Crippen molar-refractivity contribution in [2.24, 2.45) is 0 Å². The van der Waals surface area contributed by atoms with Crippen LogP contribution < -0.4 is 15.0 Å². The minimum absolute atomic E-state index is 0.680. The van der Waals surface area contributed by atoms with Gasteiger partial charge < -0.3 is 15.0 Å². The van der Waals surface area contributed by atoms with Crippen LogP contribution in [0.4, 0.5) is 16.5 Å². The molecular weight excluding hydrogens is 342 g/mol. The van der Waals surface area contributed by atoms with Crippen molar-refractivity contribution >= 4 is 27.8 Å². The molecule has 1 saturated heterocycles. The molecule has 0 spiro atoms. The SMILES string of the molecule is CCOc1ccc(Nc2nc(-c3ccc(N4CCCC4)cc3)cs2)cc1. The molecule has 4 nitrogen and oxygen atoms in total. The lowest BCUT2D eigenvalue weighted by Gasteiger charge is -2.17. The van der Waals surface area contributed by atoms with Gasteiger partial charge in [-0.15, -0.1) is 11.3 Å². The van der Waals surface area contributed by atoms with Crippen molar-refractivity contribution in [3.05, 3.63) is 53.9 Å². The van der Waals surface area contributed by atoms with E-state index in [1.54, 1.807) is 11.3 Å². The Morgan fingerprint density at radius 2 is 1.77 bits per heavy atom. The number of benzene rings is 2. The highest BCUT2D eigenvalue weighted by atomic mass is 32.1. The number of ether oxygens (including phenoxy) is 1. The maximum absolute atomic E-state index is 5.48. The van der Waals surface area contributed by atoms with Gasteiger partial charge in [-0.25, -0.2) is 4.98 Å². The van der Waals surface area contributed by atoms with Crippen LogP contribution in [0.3, 0.4) is 0 Å². The van der Waals surface area contributed by atoms with Crippen molar-refractivity contribution in [1.82, 2.24) is 4.98 Å². The summed E-state index contributed by atoms with van der Waals surface area (Å²) >= 11 is 1.62. The normalized spacial score (nSPS) is 13.8. The fourth-order valence-corrected chi connectivity index (χ4v) is 3.95. The molecule has 0 bridgehead atoms. The highest BCUT2D eigenvalue weighted by molar-refractivity contribution is 7.14. The maximum atomic E-state index is 5.48. The molecule has 1 fully saturated rings. The summed E-state index contributed by atoms with van der Waals surface area (Å²) in [6.45, 7) is 5.01. The molecule has 3 aromatic rings. The minimum Gasteiger partial charge on any atom is -0.494 e. The Hall–Kier alpha value is -2.53. The lowest BCUT2D eigenvalue weighted by molar-refractivity contribution is 0.340. The molecule has 0 aliphatic carbocycles. The van der Waals surface area contributed by atoms with Crippen molar-refractivity contribution < 1.29 is 4.74 Å². The van der Waals surface area contributed by atoms with E-state index < -0.39 is 0 Å². The van der Waals surface area contributed by atoms with E-state index in [1.807, 2.05) is 31.2 Å². The first-order chi connectivity index (χ1) is 12.8. The van der Waals surface area contributed by atoms with Crippen LogP contribution in [0, 0.1) is 0 Å². The Bertz CT molecular complexity index is 836. The van der Waals surface area contributed by atoms with Crippen LogP contribution in [0.15, 0.2) is 53.9 Å². The van der Waals surface area contributed by atoms with Crippen molar-refractivity contribution in [2.75, 3.05) is 29.9 Å². The Balaban J connectivity index is 1.43. The molecule has 134 valence electrons. The van der Waals surface area contributed by atoms with Gasteiger partial charge in [0.25, 0.3) is 0 Å². The third-order valence-electron chi connectivity index (χ3n) is 4.56. The molecule has 1 aromatic heterocycles. The maximum Gasteiger partial charge on any atom is 0.187 e. The van der Waals surface area contributed by atoms with Gasteiger partial charge >= 0.3 is 0 Å². The van der Waals surface area contributed by atoms with Crippen LogP contribution >= 0.6 is 11.3 Å². The van der Waals surface area contributed by atoms with Crippen molar-refractivity contribution in [3.8, 4) is 17.0 Å². The fourth-order valence-electron chi connectivity index (χ4n) is 3.21. The summed E-state index contributed by atoms with van der Waals surface area (Å²) in [6, 6.07) is 16.7. The molecule has 1 aliphatic heterocycles. The molecular formula is C21H23N3OS. The molecule has 2 heterocycles. The zero-order valence-corrected chi connectivity index (χ0v) is 15.8. The Morgan fingerprint density at radius 1 is 1.04 bits per heavy atom. The van der Waals surface area contributed by atoms with Crippen molar-refractivity contribution in [3.63, 3.8) is 0 Å². The van der Waals surface area contributed by atoms with Gasteiger partial charge in [-0.1, -0.05) is 12.1 Å². The molecule has 4 rings (SSSR count). The van der Waals surface area contributed by atoms with Crippen LogP contribution in [-0.2, 0) is 0 Å². The quantitative estimate of drug-likeness (QED) is 0.621. The number of rotatable bonds is 6. The number of hydrogen-bond donors (Lipinski definition) is 1. The van der Waals surface area contributed by atoms with E-state index >= 15 is 0 Å². The van der Waals surface area contributed by atoms with Gasteiger partial charge in [0, 0.05) is 35.4 Å². The third kappa shape index (κ3) is 3.83. The van der Waals surface area contributed by atoms with Gasteiger partial charge in [-0.3, -0.25) is 0 Å². The van der Waals surface area contributed by atoms with Gasteiger partial charge in [0.05, 0.1) is 12.3 Å². The van der Waals surface area contributed by atoms with Crippen LogP contribution in [-0.4, -0.2) is 24.7 Å².